The van der Waals surface area contributed by atoms with Crippen LogP contribution in [0.5, 0.6) is 0 Å². The largest absolute Gasteiger partial charge is 0.449 e. The second-order valence-electron chi connectivity index (χ2n) is 7.59. The number of alkyl halides is 5. The monoisotopic (exact) mass is 472 g/mol. The topological polar surface area (TPSA) is 60.2 Å². The maximum absolute atomic E-state index is 14.9. The predicted octanol–water partition coefficient (Wildman–Crippen LogP) is 4.38. The van der Waals surface area contributed by atoms with Gasteiger partial charge in [-0.2, -0.15) is 13.2 Å². The van der Waals surface area contributed by atoms with Crippen LogP contribution in [0.1, 0.15) is 23.1 Å². The Morgan fingerprint density at radius 3 is 2.67 bits per heavy atom. The van der Waals surface area contributed by atoms with Gasteiger partial charge in [-0.1, -0.05) is 6.07 Å². The minimum atomic E-state index is -4.98. The number of benzene rings is 1. The summed E-state index contributed by atoms with van der Waals surface area (Å²) in [5, 5.41) is 0. The average Bonchev–Trinajstić information content (AvgIpc) is 3.11. The predicted molar refractivity (Wildman–Crippen MR) is 105 cm³/mol. The average molecular weight is 472 g/mol. The van der Waals surface area contributed by atoms with Crippen molar-refractivity contribution in [1.82, 2.24) is 19.4 Å². The number of rotatable bonds is 4. The molecule has 33 heavy (non-hydrogen) atoms. The molecule has 0 bridgehead atoms. The number of carbonyl (C=O) groups excluding carboxylic acids is 1. The Labute approximate surface area is 183 Å². The van der Waals surface area contributed by atoms with E-state index in [-0.39, 0.29) is 34.0 Å². The van der Waals surface area contributed by atoms with Gasteiger partial charge in [-0.25, -0.2) is 18.2 Å². The lowest BCUT2D eigenvalue weighted by Gasteiger charge is -2.31. The third-order valence-electron chi connectivity index (χ3n) is 5.24. The Balaban J connectivity index is 1.76. The first kappa shape index (κ1) is 23.0. The van der Waals surface area contributed by atoms with Crippen LogP contribution in [0.3, 0.4) is 0 Å². The summed E-state index contributed by atoms with van der Waals surface area (Å²) in [7, 11) is 0. The number of amides is 1. The number of carbonyl (C=O) groups is 1. The van der Waals surface area contributed by atoms with E-state index in [0.29, 0.717) is 24.3 Å². The molecule has 1 fully saturated rings. The molecule has 2 aromatic heterocycles. The van der Waals surface area contributed by atoms with Crippen LogP contribution in [0.15, 0.2) is 30.5 Å². The highest BCUT2D eigenvalue weighted by Crippen LogP contribution is 2.35. The van der Waals surface area contributed by atoms with Gasteiger partial charge in [-0.3, -0.25) is 9.78 Å². The third kappa shape index (κ3) is 4.52. The number of hydrogen-bond acceptors (Lipinski definition) is 4. The summed E-state index contributed by atoms with van der Waals surface area (Å²) in [5.41, 5.74) is -0.787. The summed E-state index contributed by atoms with van der Waals surface area (Å²) < 4.78 is 86.8. The number of pyridine rings is 1. The fourth-order valence-corrected chi connectivity index (χ4v) is 3.81. The van der Waals surface area contributed by atoms with Crippen molar-refractivity contribution in [3.63, 3.8) is 0 Å². The van der Waals surface area contributed by atoms with E-state index in [9.17, 15) is 31.1 Å². The van der Waals surface area contributed by atoms with Crippen LogP contribution in [0, 0.1) is 5.82 Å². The van der Waals surface area contributed by atoms with Gasteiger partial charge in [0.05, 0.1) is 36.0 Å². The lowest BCUT2D eigenvalue weighted by Crippen LogP contribution is -2.44. The van der Waals surface area contributed by atoms with Gasteiger partial charge >= 0.3 is 6.18 Å². The van der Waals surface area contributed by atoms with Crippen molar-refractivity contribution in [2.45, 2.75) is 32.2 Å². The summed E-state index contributed by atoms with van der Waals surface area (Å²) >= 11 is 0. The summed E-state index contributed by atoms with van der Waals surface area (Å²) in [5.74, 6) is -2.93. The zero-order valence-electron chi connectivity index (χ0n) is 17.2. The Kier molecular flexibility index (Phi) is 6.04. The van der Waals surface area contributed by atoms with E-state index in [2.05, 4.69) is 9.97 Å². The fourth-order valence-electron chi connectivity index (χ4n) is 3.81. The van der Waals surface area contributed by atoms with Gasteiger partial charge in [0.2, 0.25) is 5.82 Å². The summed E-state index contributed by atoms with van der Waals surface area (Å²) in [6.07, 6.45) is -7.10. The van der Waals surface area contributed by atoms with Crippen molar-refractivity contribution in [2.75, 3.05) is 19.7 Å². The van der Waals surface area contributed by atoms with Gasteiger partial charge in [-0.05, 0) is 25.1 Å². The number of hydrogen-bond donors (Lipinski definition) is 0. The molecule has 0 unspecified atom stereocenters. The number of aromatic nitrogens is 3. The highest BCUT2D eigenvalue weighted by Gasteiger charge is 2.38. The van der Waals surface area contributed by atoms with Gasteiger partial charge in [-0.15, -0.1) is 0 Å². The van der Waals surface area contributed by atoms with Gasteiger partial charge < -0.3 is 14.2 Å². The van der Waals surface area contributed by atoms with E-state index < -0.39 is 36.7 Å². The Hall–Kier alpha value is -3.15. The van der Waals surface area contributed by atoms with Crippen LogP contribution < -0.4 is 0 Å². The van der Waals surface area contributed by atoms with Crippen molar-refractivity contribution >= 4 is 16.9 Å². The molecule has 4 rings (SSSR count). The SMILES string of the molecule is C[C@H]1CN(C(=O)c2ccc(-c3nccc4c3nc(C(F)(F)F)n4CC(F)F)cc2F)CCO1. The first-order valence-electron chi connectivity index (χ1n) is 9.97. The van der Waals surface area contributed by atoms with Crippen molar-refractivity contribution in [2.24, 2.45) is 0 Å². The van der Waals surface area contributed by atoms with Crippen LogP contribution in [-0.4, -0.2) is 57.6 Å². The highest BCUT2D eigenvalue weighted by atomic mass is 19.4. The number of nitrogens with zero attached hydrogens (tertiary/aromatic N) is 4. The molecule has 0 radical (unpaired) electrons. The number of ether oxygens (including phenoxy) is 1. The molecule has 1 aromatic carbocycles. The van der Waals surface area contributed by atoms with E-state index in [1.807, 2.05) is 0 Å². The maximum Gasteiger partial charge on any atom is 0.449 e. The number of fused-ring (bicyclic) bond motifs is 1. The summed E-state index contributed by atoms with van der Waals surface area (Å²) in [6.45, 7) is 1.49. The van der Waals surface area contributed by atoms with Gasteiger partial charge in [0.15, 0.2) is 0 Å². The van der Waals surface area contributed by atoms with Crippen LogP contribution in [0.2, 0.25) is 0 Å². The number of morpholine rings is 1. The quantitative estimate of drug-likeness (QED) is 0.529. The molecule has 12 heteroatoms. The smallest absolute Gasteiger partial charge is 0.375 e. The van der Waals surface area contributed by atoms with Gasteiger partial charge in [0.1, 0.15) is 11.3 Å². The van der Waals surface area contributed by atoms with E-state index in [1.54, 1.807) is 6.92 Å². The summed E-state index contributed by atoms with van der Waals surface area (Å²) in [6, 6.07) is 4.66. The molecular weight excluding hydrogens is 454 g/mol. The van der Waals surface area contributed by atoms with Crippen molar-refractivity contribution in [1.29, 1.82) is 0 Å². The third-order valence-corrected chi connectivity index (χ3v) is 5.24. The van der Waals surface area contributed by atoms with Crippen molar-refractivity contribution in [3.8, 4) is 11.3 Å². The molecule has 1 aliphatic heterocycles. The number of imidazole rings is 1. The fraction of sp³-hybridized carbons (Fsp3) is 0.381. The minimum absolute atomic E-state index is 0.0559. The normalized spacial score (nSPS) is 17.2. The molecule has 0 aliphatic carbocycles. The molecule has 3 aromatic rings. The Bertz CT molecular complexity index is 1190. The van der Waals surface area contributed by atoms with Gasteiger partial charge in [0, 0.05) is 24.8 Å². The minimum Gasteiger partial charge on any atom is -0.375 e. The van der Waals surface area contributed by atoms with Gasteiger partial charge in [0.25, 0.3) is 12.3 Å². The lowest BCUT2D eigenvalue weighted by molar-refractivity contribution is -0.147. The molecule has 0 spiro atoms. The Morgan fingerprint density at radius 1 is 1.27 bits per heavy atom. The molecule has 6 nitrogen and oxygen atoms in total. The standard InChI is InChI=1S/C21H18F6N4O2/c1-11-9-30(6-7-33-11)19(32)13-3-2-12(8-14(13)22)17-18-15(4-5-28-17)31(10-16(23)24)20(29-18)21(25,26)27/h2-5,8,11,16H,6-7,9-10H2,1H3/t11-/m0/s1. The molecular formula is C21H18F6N4O2. The number of halogens is 6. The Morgan fingerprint density at radius 2 is 2.03 bits per heavy atom. The second-order valence-corrected chi connectivity index (χ2v) is 7.59. The zero-order valence-corrected chi connectivity index (χ0v) is 17.2. The van der Waals surface area contributed by atoms with Crippen molar-refractivity contribution < 1.29 is 35.9 Å². The molecule has 1 aliphatic rings. The first-order chi connectivity index (χ1) is 15.6. The van der Waals surface area contributed by atoms with E-state index in [0.717, 1.165) is 18.3 Å². The maximum atomic E-state index is 14.9. The van der Waals surface area contributed by atoms with E-state index in [4.69, 9.17) is 4.74 Å². The lowest BCUT2D eigenvalue weighted by atomic mass is 10.1. The van der Waals surface area contributed by atoms with Crippen LogP contribution in [0.4, 0.5) is 26.3 Å². The van der Waals surface area contributed by atoms with Crippen LogP contribution in [0.25, 0.3) is 22.3 Å². The molecule has 1 atom stereocenters. The molecule has 0 N–H and O–H groups in total. The van der Waals surface area contributed by atoms with Crippen LogP contribution >= 0.6 is 0 Å². The second kappa shape index (κ2) is 8.65. The molecule has 0 saturated carbocycles. The summed E-state index contributed by atoms with van der Waals surface area (Å²) in [4.78, 5) is 21.7. The first-order valence-corrected chi connectivity index (χ1v) is 9.97. The van der Waals surface area contributed by atoms with Crippen molar-refractivity contribution in [3.05, 3.63) is 47.7 Å². The van der Waals surface area contributed by atoms with Crippen LogP contribution in [-0.2, 0) is 17.5 Å². The zero-order chi connectivity index (χ0) is 23.9. The molecule has 176 valence electrons. The van der Waals surface area contributed by atoms with E-state index >= 15 is 0 Å². The van der Waals surface area contributed by atoms with E-state index in [1.165, 1.54) is 17.0 Å². The molecule has 1 amide bonds. The molecule has 1 saturated heterocycles. The molecule has 3 heterocycles. The highest BCUT2D eigenvalue weighted by molar-refractivity contribution is 5.96.